The number of ketones is 3. The van der Waals surface area contributed by atoms with E-state index in [4.69, 9.17) is 4.74 Å². The second-order valence-corrected chi connectivity index (χ2v) is 7.93. The van der Waals surface area contributed by atoms with Crippen LogP contribution >= 0.6 is 0 Å². The molecule has 2 aliphatic rings. The third-order valence-corrected chi connectivity index (χ3v) is 6.40. The number of ether oxygens (including phenoxy) is 1. The number of Topliss-reactive ketones (excluding diaryl/α,β-unsaturated/α-hetero) is 3. The lowest BCUT2D eigenvalue weighted by molar-refractivity contribution is -0.114. The van der Waals surface area contributed by atoms with Crippen LogP contribution in [-0.4, -0.2) is 24.5 Å². The summed E-state index contributed by atoms with van der Waals surface area (Å²) < 4.78 is 5.25. The monoisotopic (exact) mass is 408 g/mol. The summed E-state index contributed by atoms with van der Waals surface area (Å²) >= 11 is 0. The molecule has 3 aromatic carbocycles. The van der Waals surface area contributed by atoms with E-state index in [1.54, 1.807) is 49.6 Å². The summed E-state index contributed by atoms with van der Waals surface area (Å²) in [5.74, 6) is -0.633. The van der Waals surface area contributed by atoms with Crippen molar-refractivity contribution >= 4 is 23.4 Å². The molecule has 0 radical (unpaired) electrons. The van der Waals surface area contributed by atoms with Crippen LogP contribution in [0.4, 0.5) is 0 Å². The van der Waals surface area contributed by atoms with Crippen molar-refractivity contribution in [3.05, 3.63) is 107 Å². The van der Waals surface area contributed by atoms with Gasteiger partial charge in [0.2, 0.25) is 0 Å². The largest absolute Gasteiger partial charge is 0.497 e. The Morgan fingerprint density at radius 1 is 0.806 bits per heavy atom. The molecule has 0 heterocycles. The van der Waals surface area contributed by atoms with Gasteiger partial charge in [-0.25, -0.2) is 0 Å². The van der Waals surface area contributed by atoms with Gasteiger partial charge in [0.1, 0.15) is 11.2 Å². The lowest BCUT2D eigenvalue weighted by atomic mass is 9.68. The van der Waals surface area contributed by atoms with Gasteiger partial charge in [-0.1, -0.05) is 66.7 Å². The fourth-order valence-electron chi connectivity index (χ4n) is 4.94. The summed E-state index contributed by atoms with van der Waals surface area (Å²) in [4.78, 5) is 41.0. The number of hydrogen-bond donors (Lipinski definition) is 0. The summed E-state index contributed by atoms with van der Waals surface area (Å²) in [6.07, 6.45) is 1.82. The molecular weight excluding hydrogens is 388 g/mol. The van der Waals surface area contributed by atoms with Crippen molar-refractivity contribution in [2.45, 2.75) is 12.3 Å². The molecule has 1 saturated carbocycles. The molecule has 0 amide bonds. The first-order valence-electron chi connectivity index (χ1n) is 10.2. The van der Waals surface area contributed by atoms with E-state index in [-0.39, 0.29) is 29.3 Å². The Labute approximate surface area is 180 Å². The quantitative estimate of drug-likeness (QED) is 0.457. The first kappa shape index (κ1) is 19.2. The van der Waals surface area contributed by atoms with Crippen LogP contribution in [0.15, 0.2) is 84.4 Å². The van der Waals surface area contributed by atoms with Gasteiger partial charge in [0.15, 0.2) is 17.3 Å². The van der Waals surface area contributed by atoms with E-state index in [2.05, 4.69) is 0 Å². The third kappa shape index (κ3) is 2.72. The summed E-state index contributed by atoms with van der Waals surface area (Å²) in [5.41, 5.74) is 1.09. The summed E-state index contributed by atoms with van der Waals surface area (Å²) in [7, 11) is 1.58. The van der Waals surface area contributed by atoms with Crippen LogP contribution in [0.3, 0.4) is 0 Å². The van der Waals surface area contributed by atoms with Crippen molar-refractivity contribution in [2.75, 3.05) is 7.11 Å². The highest BCUT2D eigenvalue weighted by molar-refractivity contribution is 6.37. The first-order valence-corrected chi connectivity index (χ1v) is 10.2. The van der Waals surface area contributed by atoms with Crippen molar-refractivity contribution in [1.82, 2.24) is 0 Å². The molecule has 4 nitrogen and oxygen atoms in total. The summed E-state index contributed by atoms with van der Waals surface area (Å²) in [5, 5.41) is 0. The van der Waals surface area contributed by atoms with Crippen LogP contribution in [0, 0.1) is 5.41 Å². The molecule has 2 aliphatic carbocycles. The van der Waals surface area contributed by atoms with Gasteiger partial charge in [0.25, 0.3) is 0 Å². The smallest absolute Gasteiger partial charge is 0.182 e. The van der Waals surface area contributed by atoms with Gasteiger partial charge in [0, 0.05) is 29.0 Å². The lowest BCUT2D eigenvalue weighted by Crippen LogP contribution is -2.38. The molecule has 1 fully saturated rings. The molecule has 0 aliphatic heterocycles. The average Bonchev–Trinajstić information content (AvgIpc) is 3.23. The Bertz CT molecular complexity index is 1200. The Kier molecular flexibility index (Phi) is 4.44. The van der Waals surface area contributed by atoms with Gasteiger partial charge in [-0.15, -0.1) is 0 Å². The molecule has 5 rings (SSSR count). The van der Waals surface area contributed by atoms with E-state index in [1.165, 1.54) is 0 Å². The molecule has 3 aromatic rings. The maximum absolute atomic E-state index is 13.8. The topological polar surface area (TPSA) is 60.4 Å². The van der Waals surface area contributed by atoms with E-state index in [0.29, 0.717) is 16.9 Å². The molecular formula is C27H20O4. The maximum atomic E-state index is 13.8. The predicted octanol–water partition coefficient (Wildman–Crippen LogP) is 4.90. The molecule has 0 N–H and O–H groups in total. The van der Waals surface area contributed by atoms with E-state index in [9.17, 15) is 14.4 Å². The standard InChI is InChI=1S/C27H20O4/c1-31-19-13-11-18(12-14-19)22-16-24(28)23(15-17-7-3-2-4-8-17)27(22)25(29)20-9-5-6-10-21(20)26(27)30/h2-15,22H,16H2,1H3/b23-15-. The number of carbonyl (C=O) groups is 3. The van der Waals surface area contributed by atoms with E-state index in [0.717, 1.165) is 11.1 Å². The zero-order valence-corrected chi connectivity index (χ0v) is 17.0. The number of hydrogen-bond acceptors (Lipinski definition) is 4. The highest BCUT2D eigenvalue weighted by atomic mass is 16.5. The third-order valence-electron chi connectivity index (χ3n) is 6.40. The summed E-state index contributed by atoms with van der Waals surface area (Å²) in [6, 6.07) is 23.5. The molecule has 0 bridgehead atoms. The van der Waals surface area contributed by atoms with Gasteiger partial charge >= 0.3 is 0 Å². The zero-order chi connectivity index (χ0) is 21.6. The average molecular weight is 408 g/mol. The van der Waals surface area contributed by atoms with Gasteiger partial charge in [0.05, 0.1) is 7.11 Å². The Hall–Kier alpha value is -3.79. The Morgan fingerprint density at radius 2 is 1.39 bits per heavy atom. The van der Waals surface area contributed by atoms with Crippen LogP contribution in [0.1, 0.15) is 44.2 Å². The molecule has 4 heteroatoms. The maximum Gasteiger partial charge on any atom is 0.182 e. The molecule has 152 valence electrons. The van der Waals surface area contributed by atoms with Gasteiger partial charge in [-0.2, -0.15) is 0 Å². The minimum absolute atomic E-state index is 0.108. The second-order valence-electron chi connectivity index (χ2n) is 7.93. The SMILES string of the molecule is COc1ccc(C2CC(=O)/C(=C/c3ccccc3)C23C(=O)c2ccccc2C3=O)cc1. The van der Waals surface area contributed by atoms with E-state index >= 15 is 0 Å². The van der Waals surface area contributed by atoms with Crippen molar-refractivity contribution in [3.8, 4) is 5.75 Å². The first-order chi connectivity index (χ1) is 15.1. The number of rotatable bonds is 3. The lowest BCUT2D eigenvalue weighted by Gasteiger charge is -2.29. The van der Waals surface area contributed by atoms with Gasteiger partial charge in [-0.3, -0.25) is 14.4 Å². The van der Waals surface area contributed by atoms with E-state index in [1.807, 2.05) is 42.5 Å². The second kappa shape index (κ2) is 7.17. The predicted molar refractivity (Wildman–Crippen MR) is 117 cm³/mol. The molecule has 1 atom stereocenters. The highest BCUT2D eigenvalue weighted by Crippen LogP contribution is 2.58. The van der Waals surface area contributed by atoms with Crippen molar-refractivity contribution < 1.29 is 19.1 Å². The normalized spacial score (nSPS) is 20.5. The zero-order valence-electron chi connectivity index (χ0n) is 17.0. The number of allylic oxidation sites excluding steroid dienone is 1. The number of benzene rings is 3. The fourth-order valence-corrected chi connectivity index (χ4v) is 4.94. The van der Waals surface area contributed by atoms with Crippen LogP contribution in [0.2, 0.25) is 0 Å². The van der Waals surface area contributed by atoms with Crippen molar-refractivity contribution in [3.63, 3.8) is 0 Å². The van der Waals surface area contributed by atoms with Crippen molar-refractivity contribution in [2.24, 2.45) is 5.41 Å². The Morgan fingerprint density at radius 3 is 1.97 bits per heavy atom. The minimum Gasteiger partial charge on any atom is -0.497 e. The van der Waals surface area contributed by atoms with E-state index < -0.39 is 11.3 Å². The van der Waals surface area contributed by atoms with Crippen LogP contribution in [0.5, 0.6) is 5.75 Å². The molecule has 0 saturated heterocycles. The van der Waals surface area contributed by atoms with Crippen LogP contribution < -0.4 is 4.74 Å². The molecule has 1 unspecified atom stereocenters. The minimum atomic E-state index is -1.54. The molecule has 0 aromatic heterocycles. The van der Waals surface area contributed by atoms with Gasteiger partial charge < -0.3 is 4.74 Å². The van der Waals surface area contributed by atoms with Gasteiger partial charge in [-0.05, 0) is 29.3 Å². The number of methoxy groups -OCH3 is 1. The molecule has 31 heavy (non-hydrogen) atoms. The molecule has 1 spiro atoms. The fraction of sp³-hybridized carbons (Fsp3) is 0.148. The Balaban J connectivity index is 1.75. The van der Waals surface area contributed by atoms with Crippen LogP contribution in [0.25, 0.3) is 6.08 Å². The van der Waals surface area contributed by atoms with Crippen molar-refractivity contribution in [1.29, 1.82) is 0 Å². The number of carbonyl (C=O) groups excluding carboxylic acids is 3. The number of fused-ring (bicyclic) bond motifs is 1. The van der Waals surface area contributed by atoms with Crippen LogP contribution in [-0.2, 0) is 4.79 Å². The highest BCUT2D eigenvalue weighted by Gasteiger charge is 2.65. The summed E-state index contributed by atoms with van der Waals surface area (Å²) in [6.45, 7) is 0.